The summed E-state index contributed by atoms with van der Waals surface area (Å²) in [5.74, 6) is 0.416. The summed E-state index contributed by atoms with van der Waals surface area (Å²) >= 11 is 0. The Morgan fingerprint density at radius 2 is 2.06 bits per heavy atom. The largest absolute Gasteiger partial charge is 0.481 e. The van der Waals surface area contributed by atoms with Crippen molar-refractivity contribution in [3.63, 3.8) is 0 Å². The molecule has 3 rings (SSSR count). The Morgan fingerprint density at radius 3 is 2.74 bits per heavy atom. The van der Waals surface area contributed by atoms with Crippen LogP contribution in [-0.2, 0) is 4.79 Å². The number of amidine groups is 1. The van der Waals surface area contributed by atoms with E-state index in [0.717, 1.165) is 76.1 Å². The van der Waals surface area contributed by atoms with E-state index < -0.39 is 5.97 Å². The van der Waals surface area contributed by atoms with Crippen LogP contribution < -0.4 is 5.32 Å². The fourth-order valence-corrected chi connectivity index (χ4v) is 5.09. The minimum absolute atomic E-state index is 0.0636. The van der Waals surface area contributed by atoms with Crippen molar-refractivity contribution in [1.82, 2.24) is 10.2 Å². The van der Waals surface area contributed by atoms with Crippen LogP contribution in [0.1, 0.15) is 82.6 Å². The van der Waals surface area contributed by atoms with Crippen LogP contribution in [0.4, 0.5) is 4.39 Å². The fourth-order valence-electron chi connectivity index (χ4n) is 5.09. The maximum absolute atomic E-state index is 13.7. The predicted molar refractivity (Wildman–Crippen MR) is 142 cm³/mol. The number of carbonyl (C=O) groups is 1. The SMILES string of the molecule is C#C.C/C=C(/CCCN1CCC(CC(CC(=O)O)c2cccc(F)c2)CC1)NC1=NCCCCC1. The van der Waals surface area contributed by atoms with Crippen molar-refractivity contribution >= 4 is 11.8 Å². The van der Waals surface area contributed by atoms with Gasteiger partial charge in [-0.2, -0.15) is 0 Å². The molecule has 2 N–H and O–H groups in total. The molecule has 1 aromatic carbocycles. The minimum atomic E-state index is -0.815. The molecule has 0 saturated carbocycles. The van der Waals surface area contributed by atoms with Crippen molar-refractivity contribution in [3.05, 3.63) is 47.4 Å². The van der Waals surface area contributed by atoms with E-state index in [2.05, 4.69) is 41.1 Å². The van der Waals surface area contributed by atoms with Crippen LogP contribution in [0.2, 0.25) is 0 Å². The summed E-state index contributed by atoms with van der Waals surface area (Å²) in [6, 6.07) is 6.45. The lowest BCUT2D eigenvalue weighted by molar-refractivity contribution is -0.137. The molecule has 0 radical (unpaired) electrons. The van der Waals surface area contributed by atoms with Crippen LogP contribution in [0.5, 0.6) is 0 Å². The summed E-state index contributed by atoms with van der Waals surface area (Å²) in [6.07, 6.45) is 20.1. The summed E-state index contributed by atoms with van der Waals surface area (Å²) in [4.78, 5) is 18.6. The monoisotopic (exact) mass is 483 g/mol. The average molecular weight is 484 g/mol. The van der Waals surface area contributed by atoms with Crippen LogP contribution in [0.25, 0.3) is 0 Å². The number of carboxylic acids is 1. The molecule has 0 aromatic heterocycles. The Labute approximate surface area is 210 Å². The first kappa shape index (κ1) is 28.6. The zero-order valence-electron chi connectivity index (χ0n) is 21.2. The van der Waals surface area contributed by atoms with Gasteiger partial charge in [0.1, 0.15) is 11.7 Å². The number of aliphatic imine (C=N–C) groups is 1. The van der Waals surface area contributed by atoms with Crippen LogP contribution in [0.15, 0.2) is 41.0 Å². The highest BCUT2D eigenvalue weighted by molar-refractivity contribution is 5.83. The zero-order valence-corrected chi connectivity index (χ0v) is 21.2. The average Bonchev–Trinajstić information content (AvgIpc) is 3.13. The van der Waals surface area contributed by atoms with E-state index in [9.17, 15) is 14.3 Å². The van der Waals surface area contributed by atoms with Gasteiger partial charge in [0.15, 0.2) is 0 Å². The van der Waals surface area contributed by atoms with Crippen molar-refractivity contribution in [1.29, 1.82) is 0 Å². The van der Waals surface area contributed by atoms with E-state index in [1.54, 1.807) is 6.07 Å². The van der Waals surface area contributed by atoms with Crippen molar-refractivity contribution in [2.45, 2.75) is 77.0 Å². The number of hydrogen-bond donors (Lipinski definition) is 2. The second-order valence-corrected chi connectivity index (χ2v) is 9.55. The van der Waals surface area contributed by atoms with Crippen molar-refractivity contribution in [3.8, 4) is 12.8 Å². The molecule has 1 aromatic rings. The lowest BCUT2D eigenvalue weighted by atomic mass is 9.82. The summed E-state index contributed by atoms with van der Waals surface area (Å²) in [7, 11) is 0. The molecule has 192 valence electrons. The van der Waals surface area contributed by atoms with Gasteiger partial charge >= 0.3 is 5.97 Å². The molecule has 1 saturated heterocycles. The Bertz CT molecular complexity index is 856. The highest BCUT2D eigenvalue weighted by atomic mass is 19.1. The maximum atomic E-state index is 13.7. The van der Waals surface area contributed by atoms with E-state index in [1.165, 1.54) is 37.1 Å². The van der Waals surface area contributed by atoms with E-state index in [-0.39, 0.29) is 18.2 Å². The number of terminal acetylenes is 1. The number of aliphatic carboxylic acids is 1. The molecule has 1 unspecified atom stereocenters. The van der Waals surface area contributed by atoms with Crippen LogP contribution in [0, 0.1) is 24.6 Å². The molecule has 5 nitrogen and oxygen atoms in total. The van der Waals surface area contributed by atoms with Gasteiger partial charge in [-0.3, -0.25) is 9.79 Å². The van der Waals surface area contributed by atoms with Crippen molar-refractivity contribution < 1.29 is 14.3 Å². The van der Waals surface area contributed by atoms with Gasteiger partial charge in [-0.1, -0.05) is 24.6 Å². The number of carboxylic acid groups (broad SMARTS) is 1. The molecule has 1 fully saturated rings. The number of halogens is 1. The molecule has 0 bridgehead atoms. The number of rotatable bonds is 10. The Hall–Kier alpha value is -2.65. The van der Waals surface area contributed by atoms with Gasteiger partial charge in [0.05, 0.1) is 6.42 Å². The topological polar surface area (TPSA) is 64.9 Å². The molecule has 35 heavy (non-hydrogen) atoms. The summed E-state index contributed by atoms with van der Waals surface area (Å²) < 4.78 is 13.7. The number of benzene rings is 1. The van der Waals surface area contributed by atoms with E-state index >= 15 is 0 Å². The van der Waals surface area contributed by atoms with Gasteiger partial charge in [0, 0.05) is 18.7 Å². The first-order chi connectivity index (χ1) is 17.0. The lowest BCUT2D eigenvalue weighted by Crippen LogP contribution is -2.35. The molecule has 0 aliphatic carbocycles. The molecular formula is C29H42FN3O2. The Balaban J connectivity index is 0.00000210. The van der Waals surface area contributed by atoms with E-state index in [4.69, 9.17) is 0 Å². The van der Waals surface area contributed by atoms with Gasteiger partial charge in [0.25, 0.3) is 0 Å². The Morgan fingerprint density at radius 1 is 1.29 bits per heavy atom. The van der Waals surface area contributed by atoms with E-state index in [1.807, 2.05) is 6.07 Å². The number of hydrogen-bond acceptors (Lipinski definition) is 4. The number of likely N-dealkylation sites (tertiary alicyclic amines) is 1. The predicted octanol–water partition coefficient (Wildman–Crippen LogP) is 5.98. The fraction of sp³-hybridized carbons (Fsp3) is 0.586. The van der Waals surface area contributed by atoms with Gasteiger partial charge in [-0.05, 0) is 101 Å². The van der Waals surface area contributed by atoms with Crippen molar-refractivity contribution in [2.75, 3.05) is 26.2 Å². The first-order valence-electron chi connectivity index (χ1n) is 13.0. The molecule has 0 spiro atoms. The molecule has 2 heterocycles. The normalized spacial score (nSPS) is 18.5. The summed E-state index contributed by atoms with van der Waals surface area (Å²) in [6.45, 7) is 6.23. The quantitative estimate of drug-likeness (QED) is 0.402. The van der Waals surface area contributed by atoms with Gasteiger partial charge in [-0.15, -0.1) is 12.8 Å². The molecule has 1 atom stereocenters. The molecular weight excluding hydrogens is 441 g/mol. The zero-order chi connectivity index (χ0) is 25.5. The highest BCUT2D eigenvalue weighted by Crippen LogP contribution is 2.32. The number of piperidine rings is 1. The standard InChI is InChI=1S/C27H40FN3O2.C2H2/c1-2-25(30-26-11-4-3-5-14-29-26)10-7-15-31-16-12-21(13-17-31)18-23(20-27(32)33)22-8-6-9-24(28)19-22;1-2/h2,6,8-9,19,21,23H,3-5,7,10-18,20H2,1H3,(H,29,30)(H,32,33);1-2H/b25-2-;. The van der Waals surface area contributed by atoms with Crippen molar-refractivity contribution in [2.24, 2.45) is 10.9 Å². The summed E-state index contributed by atoms with van der Waals surface area (Å²) in [5, 5.41) is 12.9. The third-order valence-corrected chi connectivity index (χ3v) is 7.01. The number of nitrogens with one attached hydrogen (secondary N) is 1. The number of allylic oxidation sites excluding steroid dienone is 2. The number of nitrogens with zero attached hydrogens (tertiary/aromatic N) is 2. The molecule has 6 heteroatoms. The Kier molecular flexibility index (Phi) is 13.2. The van der Waals surface area contributed by atoms with Crippen LogP contribution >= 0.6 is 0 Å². The first-order valence-corrected chi connectivity index (χ1v) is 13.0. The summed E-state index contributed by atoms with van der Waals surface area (Å²) in [5.41, 5.74) is 2.08. The maximum Gasteiger partial charge on any atom is 0.303 e. The third kappa shape index (κ3) is 10.7. The highest BCUT2D eigenvalue weighted by Gasteiger charge is 2.25. The van der Waals surface area contributed by atoms with Crippen LogP contribution in [0.3, 0.4) is 0 Å². The molecule has 0 amide bonds. The second kappa shape index (κ2) is 16.1. The molecule has 2 aliphatic rings. The lowest BCUT2D eigenvalue weighted by Gasteiger charge is -2.33. The minimum Gasteiger partial charge on any atom is -0.481 e. The second-order valence-electron chi connectivity index (χ2n) is 9.55. The molecule has 2 aliphatic heterocycles. The van der Waals surface area contributed by atoms with E-state index in [0.29, 0.717) is 5.92 Å². The van der Waals surface area contributed by atoms with Gasteiger partial charge < -0.3 is 15.3 Å². The smallest absolute Gasteiger partial charge is 0.303 e. The third-order valence-electron chi connectivity index (χ3n) is 7.01. The van der Waals surface area contributed by atoms with Gasteiger partial charge in [-0.25, -0.2) is 4.39 Å². The van der Waals surface area contributed by atoms with Gasteiger partial charge in [0.2, 0.25) is 0 Å². The van der Waals surface area contributed by atoms with Crippen LogP contribution in [-0.4, -0.2) is 48.0 Å².